The molecule has 1 aromatic carbocycles. The van der Waals surface area contributed by atoms with Crippen LogP contribution in [-0.4, -0.2) is 23.0 Å². The van der Waals surface area contributed by atoms with Crippen LogP contribution in [0.1, 0.15) is 42.6 Å². The molecule has 1 amide bonds. The lowest BCUT2D eigenvalue weighted by molar-refractivity contribution is 0.0870. The van der Waals surface area contributed by atoms with Crippen LogP contribution in [-0.2, 0) is 0 Å². The van der Waals surface area contributed by atoms with E-state index in [4.69, 9.17) is 5.73 Å². The van der Waals surface area contributed by atoms with Gasteiger partial charge < -0.3 is 11.1 Å². The molecule has 21 heavy (non-hydrogen) atoms. The first-order valence-electron chi connectivity index (χ1n) is 7.61. The third-order valence-electron chi connectivity index (χ3n) is 4.41. The number of hydrogen-bond acceptors (Lipinski definition) is 3. The zero-order valence-electron chi connectivity index (χ0n) is 12.1. The van der Waals surface area contributed by atoms with Crippen LogP contribution >= 0.6 is 0 Å². The van der Waals surface area contributed by atoms with Gasteiger partial charge in [0.2, 0.25) is 0 Å². The van der Waals surface area contributed by atoms with Gasteiger partial charge in [-0.2, -0.15) is 0 Å². The second-order valence-electron chi connectivity index (χ2n) is 5.89. The maximum atomic E-state index is 12.5. The minimum Gasteiger partial charge on any atom is -0.344 e. The number of para-hydroxylation sites is 1. The van der Waals surface area contributed by atoms with Crippen LogP contribution in [0.5, 0.6) is 0 Å². The zero-order chi connectivity index (χ0) is 14.7. The number of pyridine rings is 1. The van der Waals surface area contributed by atoms with Gasteiger partial charge in [-0.3, -0.25) is 4.79 Å². The van der Waals surface area contributed by atoms with E-state index in [9.17, 15) is 4.79 Å². The minimum atomic E-state index is -0.247. The lowest BCUT2D eigenvalue weighted by Gasteiger charge is -2.37. The number of benzene rings is 1. The molecular weight excluding hydrogens is 262 g/mol. The molecule has 1 aliphatic rings. The third-order valence-corrected chi connectivity index (χ3v) is 4.41. The first-order chi connectivity index (χ1) is 10.2. The molecule has 1 aromatic heterocycles. The van der Waals surface area contributed by atoms with Gasteiger partial charge in [0.1, 0.15) is 5.69 Å². The second kappa shape index (κ2) is 5.82. The number of rotatable bonds is 3. The number of fused-ring (bicyclic) bond motifs is 1. The van der Waals surface area contributed by atoms with E-state index < -0.39 is 0 Å². The van der Waals surface area contributed by atoms with Gasteiger partial charge in [0, 0.05) is 11.9 Å². The molecule has 0 spiro atoms. The Balaban J connectivity index is 1.82. The summed E-state index contributed by atoms with van der Waals surface area (Å²) in [7, 11) is 0. The fourth-order valence-corrected chi connectivity index (χ4v) is 3.11. The van der Waals surface area contributed by atoms with Crippen molar-refractivity contribution < 1.29 is 4.79 Å². The summed E-state index contributed by atoms with van der Waals surface area (Å²) in [6.45, 7) is 0.492. The average molecular weight is 283 g/mol. The maximum absolute atomic E-state index is 12.5. The fourth-order valence-electron chi connectivity index (χ4n) is 3.11. The quantitative estimate of drug-likeness (QED) is 0.910. The molecule has 0 aliphatic heterocycles. The summed E-state index contributed by atoms with van der Waals surface area (Å²) in [5, 5.41) is 4.18. The number of aromatic nitrogens is 1. The standard InChI is InChI=1S/C17H21N3O/c18-12-17(10-4-1-5-11-17)20-16(21)15-9-8-13-6-2-3-7-14(13)19-15/h2-3,6-9H,1,4-5,10-12,18H2,(H,20,21). The Bertz CT molecular complexity index is 647. The predicted octanol–water partition coefficient (Wildman–Crippen LogP) is 2.63. The number of nitrogens with two attached hydrogens (primary N) is 1. The molecule has 110 valence electrons. The Kier molecular flexibility index (Phi) is 3.88. The Morgan fingerprint density at radius 3 is 2.67 bits per heavy atom. The van der Waals surface area contributed by atoms with Crippen molar-refractivity contribution in [1.82, 2.24) is 10.3 Å². The lowest BCUT2D eigenvalue weighted by Crippen LogP contribution is -2.54. The van der Waals surface area contributed by atoms with Crippen molar-refractivity contribution in [2.75, 3.05) is 6.54 Å². The number of carbonyl (C=O) groups is 1. The monoisotopic (exact) mass is 283 g/mol. The van der Waals surface area contributed by atoms with Gasteiger partial charge in [-0.25, -0.2) is 4.98 Å². The molecule has 0 radical (unpaired) electrons. The zero-order valence-corrected chi connectivity index (χ0v) is 12.1. The van der Waals surface area contributed by atoms with Gasteiger partial charge in [-0.15, -0.1) is 0 Å². The van der Waals surface area contributed by atoms with Crippen molar-refractivity contribution in [2.24, 2.45) is 5.73 Å². The number of nitrogens with one attached hydrogen (secondary N) is 1. The Morgan fingerprint density at radius 1 is 1.14 bits per heavy atom. The largest absolute Gasteiger partial charge is 0.344 e. The molecule has 0 atom stereocenters. The Hall–Kier alpha value is -1.94. The topological polar surface area (TPSA) is 68.0 Å². The van der Waals surface area contributed by atoms with Crippen LogP contribution < -0.4 is 11.1 Å². The SMILES string of the molecule is NCC1(NC(=O)c2ccc3ccccc3n2)CCCCC1. The molecule has 4 nitrogen and oxygen atoms in total. The van der Waals surface area contributed by atoms with Crippen molar-refractivity contribution in [2.45, 2.75) is 37.6 Å². The summed E-state index contributed by atoms with van der Waals surface area (Å²) in [5.41, 5.74) is 6.98. The van der Waals surface area contributed by atoms with Gasteiger partial charge in [-0.1, -0.05) is 43.5 Å². The molecule has 0 saturated heterocycles. The van der Waals surface area contributed by atoms with E-state index in [1.54, 1.807) is 6.07 Å². The number of carbonyl (C=O) groups excluding carboxylic acids is 1. The highest BCUT2D eigenvalue weighted by Crippen LogP contribution is 2.27. The molecule has 0 unspecified atom stereocenters. The lowest BCUT2D eigenvalue weighted by atomic mass is 9.81. The van der Waals surface area contributed by atoms with Crippen LogP contribution in [0.4, 0.5) is 0 Å². The highest BCUT2D eigenvalue weighted by Gasteiger charge is 2.32. The van der Waals surface area contributed by atoms with Gasteiger partial charge in [-0.05, 0) is 25.0 Å². The minimum absolute atomic E-state index is 0.117. The summed E-state index contributed by atoms with van der Waals surface area (Å²) in [5.74, 6) is -0.117. The summed E-state index contributed by atoms with van der Waals surface area (Å²) in [6, 6.07) is 11.5. The number of nitrogens with zero attached hydrogens (tertiary/aromatic N) is 1. The Morgan fingerprint density at radius 2 is 1.90 bits per heavy atom. The average Bonchev–Trinajstić information content (AvgIpc) is 2.55. The molecule has 1 heterocycles. The van der Waals surface area contributed by atoms with Crippen molar-refractivity contribution in [3.63, 3.8) is 0 Å². The Labute approximate surface area is 124 Å². The van der Waals surface area contributed by atoms with Crippen LogP contribution in [0.3, 0.4) is 0 Å². The maximum Gasteiger partial charge on any atom is 0.270 e. The molecule has 4 heteroatoms. The highest BCUT2D eigenvalue weighted by molar-refractivity contribution is 5.95. The van der Waals surface area contributed by atoms with Gasteiger partial charge >= 0.3 is 0 Å². The van der Waals surface area contributed by atoms with Crippen molar-refractivity contribution >= 4 is 16.8 Å². The molecule has 1 fully saturated rings. The van der Waals surface area contributed by atoms with Crippen LogP contribution in [0.15, 0.2) is 36.4 Å². The van der Waals surface area contributed by atoms with E-state index in [1.165, 1.54) is 6.42 Å². The predicted molar refractivity (Wildman–Crippen MR) is 84.1 cm³/mol. The fraction of sp³-hybridized carbons (Fsp3) is 0.412. The summed E-state index contributed by atoms with van der Waals surface area (Å²) >= 11 is 0. The first-order valence-corrected chi connectivity index (χ1v) is 7.61. The van der Waals surface area contributed by atoms with E-state index >= 15 is 0 Å². The van der Waals surface area contributed by atoms with Crippen molar-refractivity contribution in [3.8, 4) is 0 Å². The van der Waals surface area contributed by atoms with E-state index in [-0.39, 0.29) is 11.4 Å². The van der Waals surface area contributed by atoms with Crippen LogP contribution in [0.25, 0.3) is 10.9 Å². The van der Waals surface area contributed by atoms with Gasteiger partial charge in [0.15, 0.2) is 0 Å². The summed E-state index contributed by atoms with van der Waals surface area (Å²) in [4.78, 5) is 16.9. The van der Waals surface area contributed by atoms with Crippen molar-refractivity contribution in [3.05, 3.63) is 42.1 Å². The molecule has 1 saturated carbocycles. The van der Waals surface area contributed by atoms with E-state index in [0.29, 0.717) is 12.2 Å². The smallest absolute Gasteiger partial charge is 0.270 e. The highest BCUT2D eigenvalue weighted by atomic mass is 16.2. The van der Waals surface area contributed by atoms with Crippen LogP contribution in [0, 0.1) is 0 Å². The normalized spacial score (nSPS) is 17.6. The molecule has 3 rings (SSSR count). The van der Waals surface area contributed by atoms with Gasteiger partial charge in [0.05, 0.1) is 11.1 Å². The number of amides is 1. The molecule has 1 aliphatic carbocycles. The third kappa shape index (κ3) is 2.90. The molecular formula is C17H21N3O. The first kappa shape index (κ1) is 14.0. The number of hydrogen-bond donors (Lipinski definition) is 2. The van der Waals surface area contributed by atoms with E-state index in [1.807, 2.05) is 30.3 Å². The van der Waals surface area contributed by atoms with E-state index in [2.05, 4.69) is 10.3 Å². The van der Waals surface area contributed by atoms with Crippen molar-refractivity contribution in [1.29, 1.82) is 0 Å². The second-order valence-corrected chi connectivity index (χ2v) is 5.89. The van der Waals surface area contributed by atoms with Crippen LogP contribution in [0.2, 0.25) is 0 Å². The molecule has 3 N–H and O–H groups in total. The van der Waals surface area contributed by atoms with E-state index in [0.717, 1.165) is 36.6 Å². The summed E-state index contributed by atoms with van der Waals surface area (Å²) in [6.07, 6.45) is 5.41. The summed E-state index contributed by atoms with van der Waals surface area (Å²) < 4.78 is 0. The van der Waals surface area contributed by atoms with Gasteiger partial charge in [0.25, 0.3) is 5.91 Å². The molecule has 2 aromatic rings. The molecule has 0 bridgehead atoms.